The second-order valence-electron chi connectivity index (χ2n) is 5.05. The van der Waals surface area contributed by atoms with Crippen LogP contribution in [0.5, 0.6) is 11.5 Å². The third kappa shape index (κ3) is 2.70. The van der Waals surface area contributed by atoms with Crippen molar-refractivity contribution < 1.29 is 19.1 Å². The van der Waals surface area contributed by atoms with Crippen molar-refractivity contribution >= 4 is 23.2 Å². The first-order valence-electron chi connectivity index (χ1n) is 7.08. The van der Waals surface area contributed by atoms with E-state index in [-0.39, 0.29) is 18.4 Å². The van der Waals surface area contributed by atoms with Crippen molar-refractivity contribution in [1.82, 2.24) is 0 Å². The number of fused-ring (bicyclic) bond motifs is 1. The molecule has 0 saturated heterocycles. The number of hydrogen-bond acceptors (Lipinski definition) is 4. The van der Waals surface area contributed by atoms with Gasteiger partial charge in [0.05, 0.1) is 18.4 Å². The maximum atomic E-state index is 12.5. The molecule has 1 aliphatic heterocycles. The Labute approximate surface area is 133 Å². The summed E-state index contributed by atoms with van der Waals surface area (Å²) >= 11 is 0. The number of ether oxygens (including phenoxy) is 2. The minimum atomic E-state index is -0.317. The molecule has 1 N–H and O–H groups in total. The zero-order valence-electron chi connectivity index (χ0n) is 12.8. The lowest BCUT2D eigenvalue weighted by atomic mass is 10.1. The summed E-state index contributed by atoms with van der Waals surface area (Å²) in [4.78, 5) is 25.8. The highest BCUT2D eigenvalue weighted by atomic mass is 16.5. The van der Waals surface area contributed by atoms with Gasteiger partial charge in [0.1, 0.15) is 17.2 Å². The van der Waals surface area contributed by atoms with E-state index in [0.29, 0.717) is 28.4 Å². The molecule has 2 amide bonds. The first kappa shape index (κ1) is 14.9. The smallest absolute Gasteiger partial charge is 0.264 e. The summed E-state index contributed by atoms with van der Waals surface area (Å²) in [5, 5.41) is 2.82. The van der Waals surface area contributed by atoms with E-state index in [2.05, 4.69) is 5.32 Å². The average Bonchev–Trinajstić information content (AvgIpc) is 2.58. The van der Waals surface area contributed by atoms with E-state index in [0.717, 1.165) is 0 Å². The Balaban J connectivity index is 1.95. The highest BCUT2D eigenvalue weighted by molar-refractivity contribution is 6.10. The van der Waals surface area contributed by atoms with Crippen LogP contribution in [0.2, 0.25) is 0 Å². The Kier molecular flexibility index (Phi) is 3.89. The lowest BCUT2D eigenvalue weighted by molar-refractivity contribution is -0.120. The highest BCUT2D eigenvalue weighted by Gasteiger charge is 2.26. The van der Waals surface area contributed by atoms with Gasteiger partial charge in [-0.15, -0.1) is 0 Å². The molecular formula is C17H16N2O4. The van der Waals surface area contributed by atoms with E-state index in [1.165, 1.54) is 12.0 Å². The van der Waals surface area contributed by atoms with Crippen molar-refractivity contribution in [2.75, 3.05) is 31.0 Å². The molecular weight excluding hydrogens is 296 g/mol. The number of nitrogens with one attached hydrogen (secondary N) is 1. The zero-order valence-corrected chi connectivity index (χ0v) is 12.8. The molecule has 0 saturated carbocycles. The summed E-state index contributed by atoms with van der Waals surface area (Å²) in [5.41, 5.74) is 1.47. The Hall–Kier alpha value is -3.02. The van der Waals surface area contributed by atoms with Crippen LogP contribution in [-0.4, -0.2) is 32.6 Å². The van der Waals surface area contributed by atoms with Crippen LogP contribution in [0.3, 0.4) is 0 Å². The second-order valence-corrected chi connectivity index (χ2v) is 5.05. The molecule has 1 aliphatic rings. The molecule has 23 heavy (non-hydrogen) atoms. The molecule has 2 aromatic carbocycles. The first-order chi connectivity index (χ1) is 11.1. The van der Waals surface area contributed by atoms with E-state index in [1.807, 2.05) is 0 Å². The first-order valence-corrected chi connectivity index (χ1v) is 7.08. The van der Waals surface area contributed by atoms with Crippen LogP contribution in [-0.2, 0) is 4.79 Å². The molecule has 6 nitrogen and oxygen atoms in total. The summed E-state index contributed by atoms with van der Waals surface area (Å²) < 4.78 is 10.6. The van der Waals surface area contributed by atoms with Crippen molar-refractivity contribution in [3.63, 3.8) is 0 Å². The van der Waals surface area contributed by atoms with Crippen LogP contribution in [0.1, 0.15) is 10.4 Å². The normalized spacial score (nSPS) is 13.1. The summed E-state index contributed by atoms with van der Waals surface area (Å²) in [6.07, 6.45) is 0. The van der Waals surface area contributed by atoms with E-state index in [1.54, 1.807) is 49.5 Å². The van der Waals surface area contributed by atoms with Gasteiger partial charge in [0.2, 0.25) is 0 Å². The lowest BCUT2D eigenvalue weighted by Crippen LogP contribution is -2.36. The molecule has 0 atom stereocenters. The molecule has 0 aromatic heterocycles. The highest BCUT2D eigenvalue weighted by Crippen LogP contribution is 2.38. The minimum Gasteiger partial charge on any atom is -0.496 e. The maximum Gasteiger partial charge on any atom is 0.264 e. The summed E-state index contributed by atoms with van der Waals surface area (Å²) in [5.74, 6) is 0.555. The number of rotatable bonds is 3. The number of hydrogen-bond donors (Lipinski definition) is 1. The van der Waals surface area contributed by atoms with Crippen molar-refractivity contribution in [2.24, 2.45) is 0 Å². The molecule has 0 fully saturated rings. The summed E-state index contributed by atoms with van der Waals surface area (Å²) in [6.45, 7) is -0.00654. The molecule has 0 aliphatic carbocycles. The number of benzene rings is 2. The standard InChI is InChI=1S/C17H16N2O4/c1-19-15(20)10-23-14-9-5-7-12(16(14)19)18-17(21)11-6-3-4-8-13(11)22-2/h3-9H,10H2,1-2H3,(H,18,21). The number of carbonyl (C=O) groups excluding carboxylic acids is 2. The third-order valence-electron chi connectivity index (χ3n) is 3.66. The molecule has 0 bridgehead atoms. The number of para-hydroxylation sites is 2. The van der Waals surface area contributed by atoms with Crippen LogP contribution in [0.4, 0.5) is 11.4 Å². The van der Waals surface area contributed by atoms with Crippen molar-refractivity contribution in [2.45, 2.75) is 0 Å². The molecule has 118 valence electrons. The number of nitrogens with zero attached hydrogens (tertiary/aromatic N) is 1. The molecule has 2 aromatic rings. The van der Waals surface area contributed by atoms with E-state index in [9.17, 15) is 9.59 Å². The van der Waals surface area contributed by atoms with Crippen LogP contribution in [0.15, 0.2) is 42.5 Å². The van der Waals surface area contributed by atoms with E-state index >= 15 is 0 Å². The monoisotopic (exact) mass is 312 g/mol. The van der Waals surface area contributed by atoms with Crippen LogP contribution in [0.25, 0.3) is 0 Å². The van der Waals surface area contributed by atoms with Gasteiger partial charge in [-0.05, 0) is 24.3 Å². The van der Waals surface area contributed by atoms with Crippen LogP contribution < -0.4 is 19.7 Å². The largest absolute Gasteiger partial charge is 0.496 e. The number of methoxy groups -OCH3 is 1. The van der Waals surface area contributed by atoms with Crippen molar-refractivity contribution in [3.8, 4) is 11.5 Å². The maximum absolute atomic E-state index is 12.5. The molecule has 0 radical (unpaired) electrons. The van der Waals surface area contributed by atoms with Gasteiger partial charge >= 0.3 is 0 Å². The van der Waals surface area contributed by atoms with Crippen molar-refractivity contribution in [1.29, 1.82) is 0 Å². The molecule has 0 spiro atoms. The number of carbonyl (C=O) groups is 2. The third-order valence-corrected chi connectivity index (χ3v) is 3.66. The van der Waals surface area contributed by atoms with Gasteiger partial charge in [0, 0.05) is 7.05 Å². The lowest BCUT2D eigenvalue weighted by Gasteiger charge is -2.28. The van der Waals surface area contributed by atoms with Crippen LogP contribution >= 0.6 is 0 Å². The van der Waals surface area contributed by atoms with Gasteiger partial charge in [-0.3, -0.25) is 9.59 Å². The number of anilines is 2. The Morgan fingerprint density at radius 1 is 1.22 bits per heavy atom. The Morgan fingerprint density at radius 2 is 2.00 bits per heavy atom. The topological polar surface area (TPSA) is 67.9 Å². The van der Waals surface area contributed by atoms with E-state index in [4.69, 9.17) is 9.47 Å². The van der Waals surface area contributed by atoms with Gasteiger partial charge in [-0.1, -0.05) is 18.2 Å². The fraction of sp³-hybridized carbons (Fsp3) is 0.176. The number of likely N-dealkylation sites (N-methyl/N-ethyl adjacent to an activating group) is 1. The fourth-order valence-electron chi connectivity index (χ4n) is 2.47. The SMILES string of the molecule is COc1ccccc1C(=O)Nc1cccc2c1N(C)C(=O)CO2. The fourth-order valence-corrected chi connectivity index (χ4v) is 2.47. The molecule has 6 heteroatoms. The average molecular weight is 312 g/mol. The van der Waals surface area contributed by atoms with Gasteiger partial charge < -0.3 is 19.7 Å². The summed E-state index contributed by atoms with van der Waals surface area (Å²) in [6, 6.07) is 12.2. The zero-order chi connectivity index (χ0) is 16.4. The van der Waals surface area contributed by atoms with Crippen molar-refractivity contribution in [3.05, 3.63) is 48.0 Å². The van der Waals surface area contributed by atoms with Gasteiger partial charge in [0.15, 0.2) is 6.61 Å². The predicted molar refractivity (Wildman–Crippen MR) is 86.3 cm³/mol. The summed E-state index contributed by atoms with van der Waals surface area (Å²) in [7, 11) is 3.17. The van der Waals surface area contributed by atoms with Gasteiger partial charge in [-0.2, -0.15) is 0 Å². The molecule has 0 unspecified atom stereocenters. The Morgan fingerprint density at radius 3 is 2.78 bits per heavy atom. The molecule has 3 rings (SSSR count). The minimum absolute atomic E-state index is 0.00654. The second kappa shape index (κ2) is 6.00. The van der Waals surface area contributed by atoms with Gasteiger partial charge in [-0.25, -0.2) is 0 Å². The number of amides is 2. The van der Waals surface area contributed by atoms with Gasteiger partial charge in [0.25, 0.3) is 11.8 Å². The Bertz CT molecular complexity index is 773. The quantitative estimate of drug-likeness (QED) is 0.944. The molecule has 1 heterocycles. The predicted octanol–water partition coefficient (Wildman–Crippen LogP) is 2.30. The van der Waals surface area contributed by atoms with E-state index < -0.39 is 0 Å². The van der Waals surface area contributed by atoms with Crippen LogP contribution in [0, 0.1) is 0 Å².